The van der Waals surface area contributed by atoms with E-state index in [9.17, 15) is 0 Å². The van der Waals surface area contributed by atoms with Crippen LogP contribution >= 0.6 is 11.3 Å². The van der Waals surface area contributed by atoms with Gasteiger partial charge in [0, 0.05) is 32.4 Å². The third-order valence-electron chi connectivity index (χ3n) is 9.37. The zero-order valence-electron chi connectivity index (χ0n) is 34.8. The standard InChI is InChI=1S/C26H20NS.C22H24GeN.Ir/c1-17(2)19-14-15-27-23(16-19)21-11-6-12-22-25-20(18-8-4-3-5-9-18)10-7-13-24(25)28-26(21)22;1-16-11-12-19(14-20(16)18-9-7-6-8-10-18)22-13-17(2)21(15-24-22)23(3,4)5;/h3-10,12-17H,1-2H3;6-11,13-15H,1-5H3;/q2*-1;/i17D;1D3;. The van der Waals surface area contributed by atoms with Gasteiger partial charge in [-0.3, -0.25) is 0 Å². The molecule has 0 aliphatic carbocycles. The smallest absolute Gasteiger partial charge is 0 e. The molecular weight excluding hydrogens is 901 g/mol. The molecule has 3 aromatic heterocycles. The van der Waals surface area contributed by atoms with E-state index in [1.807, 2.05) is 74.6 Å². The van der Waals surface area contributed by atoms with Crippen molar-refractivity contribution in [2.24, 2.45) is 0 Å². The van der Waals surface area contributed by atoms with E-state index in [2.05, 4.69) is 107 Å². The van der Waals surface area contributed by atoms with E-state index in [0.717, 1.165) is 33.6 Å². The van der Waals surface area contributed by atoms with Crippen molar-refractivity contribution >= 4 is 49.2 Å². The molecule has 2 nitrogen and oxygen atoms in total. The number of pyridine rings is 2. The van der Waals surface area contributed by atoms with Crippen molar-refractivity contribution in [2.75, 3.05) is 0 Å². The van der Waals surface area contributed by atoms with Gasteiger partial charge in [0.15, 0.2) is 0 Å². The summed E-state index contributed by atoms with van der Waals surface area (Å²) in [6.45, 7) is 3.75. The van der Waals surface area contributed by atoms with Crippen molar-refractivity contribution in [2.45, 2.75) is 50.8 Å². The molecule has 0 spiro atoms. The molecule has 0 bridgehead atoms. The molecule has 0 saturated heterocycles. The van der Waals surface area contributed by atoms with Crippen molar-refractivity contribution in [1.82, 2.24) is 9.97 Å². The van der Waals surface area contributed by atoms with Gasteiger partial charge in [-0.2, -0.15) is 11.3 Å². The first kappa shape index (κ1) is 33.4. The number of hydrogen-bond donors (Lipinski definition) is 0. The van der Waals surface area contributed by atoms with Gasteiger partial charge in [-0.1, -0.05) is 73.3 Å². The maximum Gasteiger partial charge on any atom is 0 e. The molecule has 0 unspecified atom stereocenters. The molecule has 0 aliphatic heterocycles. The second-order valence-electron chi connectivity index (χ2n) is 14.3. The first-order valence-corrected chi connectivity index (χ1v) is 25.7. The molecule has 5 aromatic carbocycles. The van der Waals surface area contributed by atoms with Crippen LogP contribution < -0.4 is 4.40 Å². The van der Waals surface area contributed by atoms with Gasteiger partial charge in [0.1, 0.15) is 0 Å². The van der Waals surface area contributed by atoms with E-state index in [-0.39, 0.29) is 20.1 Å². The normalized spacial score (nSPS) is 12.9. The molecular formula is C48H44GeIrN2S-2. The fourth-order valence-electron chi connectivity index (χ4n) is 6.70. The molecule has 0 N–H and O–H groups in total. The van der Waals surface area contributed by atoms with Crippen molar-refractivity contribution in [3.8, 4) is 44.8 Å². The number of fused-ring (bicyclic) bond motifs is 3. The van der Waals surface area contributed by atoms with Crippen LogP contribution in [-0.2, 0) is 20.1 Å². The van der Waals surface area contributed by atoms with E-state index in [0.29, 0.717) is 11.1 Å². The Balaban J connectivity index is 0.000000190. The Morgan fingerprint density at radius 1 is 0.755 bits per heavy atom. The summed E-state index contributed by atoms with van der Waals surface area (Å²) in [7, 11) is 0. The molecule has 0 amide bonds. The van der Waals surface area contributed by atoms with Crippen LogP contribution in [0.5, 0.6) is 0 Å². The summed E-state index contributed by atoms with van der Waals surface area (Å²) in [6.07, 6.45) is 3.80. The van der Waals surface area contributed by atoms with Gasteiger partial charge in [-0.15, -0.1) is 23.8 Å². The van der Waals surface area contributed by atoms with Crippen LogP contribution in [0.2, 0.25) is 17.3 Å². The summed E-state index contributed by atoms with van der Waals surface area (Å²) in [5, 5.41) is 2.52. The molecule has 267 valence electrons. The average molecular weight is 950 g/mol. The molecule has 0 fully saturated rings. The van der Waals surface area contributed by atoms with Crippen LogP contribution in [0.25, 0.3) is 64.9 Å². The maximum atomic E-state index is 8.37. The third kappa shape index (κ3) is 8.32. The minimum absolute atomic E-state index is 0. The Morgan fingerprint density at radius 2 is 1.47 bits per heavy atom. The summed E-state index contributed by atoms with van der Waals surface area (Å²) < 4.78 is 35.8. The Hall–Kier alpha value is -4.19. The van der Waals surface area contributed by atoms with Gasteiger partial charge in [0.25, 0.3) is 0 Å². The van der Waals surface area contributed by atoms with Gasteiger partial charge in [-0.25, -0.2) is 0 Å². The second kappa shape index (κ2) is 16.4. The van der Waals surface area contributed by atoms with Gasteiger partial charge in [0.05, 0.1) is 0 Å². The number of aryl methyl sites for hydroxylation is 2. The summed E-state index contributed by atoms with van der Waals surface area (Å²) in [6, 6.07) is 46.9. The SMILES string of the molecule is [2H]C(C)(C)c1ccnc(-c2[c-]ccc3c2sc2cccc(-c4ccccc4)c23)c1.[2H]C([2H])([2H])c1c[c-]c(-c2cc(C)[c]([Ge]([CH3])([CH3])[CH3])cn2)cc1-c1ccccc1.[Ir]. The van der Waals surface area contributed by atoms with Gasteiger partial charge < -0.3 is 4.98 Å². The first-order chi connectivity index (χ1) is 26.6. The van der Waals surface area contributed by atoms with Gasteiger partial charge in [-0.05, 0) is 44.9 Å². The topological polar surface area (TPSA) is 25.8 Å². The summed E-state index contributed by atoms with van der Waals surface area (Å²) in [4.78, 5) is 9.29. The van der Waals surface area contributed by atoms with Crippen LogP contribution in [0.15, 0.2) is 134 Å². The quantitative estimate of drug-likeness (QED) is 0.123. The van der Waals surface area contributed by atoms with Crippen molar-refractivity contribution < 1.29 is 25.6 Å². The minimum Gasteiger partial charge on any atom is 0 e. The fourth-order valence-corrected chi connectivity index (χ4v) is 11.5. The van der Waals surface area contributed by atoms with Crippen LogP contribution in [0, 0.1) is 25.9 Å². The Labute approximate surface area is 340 Å². The van der Waals surface area contributed by atoms with Gasteiger partial charge >= 0.3 is 152 Å². The van der Waals surface area contributed by atoms with Gasteiger partial charge in [0.2, 0.25) is 0 Å². The number of hydrogen-bond acceptors (Lipinski definition) is 3. The molecule has 53 heavy (non-hydrogen) atoms. The van der Waals surface area contributed by atoms with Crippen LogP contribution in [0.3, 0.4) is 0 Å². The van der Waals surface area contributed by atoms with Crippen LogP contribution in [0.1, 0.15) is 41.9 Å². The molecule has 8 rings (SSSR count). The van der Waals surface area contributed by atoms with E-state index < -0.39 is 26.0 Å². The summed E-state index contributed by atoms with van der Waals surface area (Å²) in [5.74, 6) is 6.41. The second-order valence-corrected chi connectivity index (χ2v) is 26.0. The molecule has 5 heteroatoms. The Morgan fingerprint density at radius 3 is 2.13 bits per heavy atom. The molecule has 1 radical (unpaired) electrons. The first-order valence-electron chi connectivity index (χ1n) is 19.6. The van der Waals surface area contributed by atoms with Crippen molar-refractivity contribution in [1.29, 1.82) is 0 Å². The zero-order valence-corrected chi connectivity index (χ0v) is 36.1. The average Bonchev–Trinajstić information content (AvgIpc) is 3.57. The monoisotopic (exact) mass is 951 g/mol. The van der Waals surface area contributed by atoms with Crippen molar-refractivity contribution in [3.05, 3.63) is 163 Å². The largest absolute Gasteiger partial charge is 0 e. The number of benzene rings is 5. The molecule has 0 aliphatic rings. The molecule has 0 saturated carbocycles. The van der Waals surface area contributed by atoms with E-state index in [4.69, 9.17) is 5.48 Å². The summed E-state index contributed by atoms with van der Waals surface area (Å²) in [5.41, 5.74) is 10.1. The predicted octanol–water partition coefficient (Wildman–Crippen LogP) is 13.1. The zero-order chi connectivity index (χ0) is 39.8. The van der Waals surface area contributed by atoms with Crippen molar-refractivity contribution in [3.63, 3.8) is 0 Å². The maximum absolute atomic E-state index is 8.37. The van der Waals surface area contributed by atoms with E-state index >= 15 is 0 Å². The fraction of sp³-hybridized carbons (Fsp3) is 0.167. The molecule has 3 heterocycles. The van der Waals surface area contributed by atoms with E-state index in [1.165, 1.54) is 41.3 Å². The van der Waals surface area contributed by atoms with Crippen LogP contribution in [0.4, 0.5) is 0 Å². The van der Waals surface area contributed by atoms with E-state index in [1.54, 1.807) is 23.6 Å². The third-order valence-corrected chi connectivity index (χ3v) is 15.0. The Kier molecular flexibility index (Phi) is 10.4. The van der Waals surface area contributed by atoms with Crippen LogP contribution in [-0.4, -0.2) is 23.2 Å². The molecule has 0 atom stereocenters. The summed E-state index contributed by atoms with van der Waals surface area (Å²) >= 11 is -0.175. The minimum atomic E-state index is -2.19. The number of nitrogens with zero attached hydrogens (tertiary/aromatic N) is 2. The Bertz CT molecular complexity index is 2660. The predicted molar refractivity (Wildman–Crippen MR) is 227 cm³/mol. The number of aromatic nitrogens is 2. The number of rotatable bonds is 6. The number of thiophene rings is 1. The molecule has 8 aromatic rings.